The van der Waals surface area contributed by atoms with Gasteiger partial charge in [0.15, 0.2) is 0 Å². The van der Waals surface area contributed by atoms with E-state index in [2.05, 4.69) is 0 Å². The molecule has 0 saturated carbocycles. The number of aliphatic hydroxyl groups is 1. The molecule has 0 bridgehead atoms. The molecule has 33 heavy (non-hydrogen) atoms. The molecular formula is C27H33NO5. The Bertz CT molecular complexity index is 1090. The zero-order chi connectivity index (χ0) is 24.3. The topological polar surface area (TPSA) is 76.1 Å². The number of methoxy groups -OCH3 is 1. The molecule has 176 valence electrons. The van der Waals surface area contributed by atoms with E-state index in [0.717, 1.165) is 22.3 Å². The monoisotopic (exact) mass is 451 g/mol. The van der Waals surface area contributed by atoms with Gasteiger partial charge in [0.25, 0.3) is 11.7 Å². The Morgan fingerprint density at radius 3 is 2.39 bits per heavy atom. The molecule has 0 aromatic heterocycles. The molecule has 1 saturated heterocycles. The molecule has 1 amide bonds. The summed E-state index contributed by atoms with van der Waals surface area (Å²) in [4.78, 5) is 27.9. The minimum Gasteiger partial charge on any atom is -0.507 e. The molecule has 0 spiro atoms. The maximum absolute atomic E-state index is 13.2. The molecule has 1 aliphatic rings. The molecule has 2 aromatic carbocycles. The van der Waals surface area contributed by atoms with Gasteiger partial charge in [-0.25, -0.2) is 0 Å². The van der Waals surface area contributed by atoms with E-state index in [-0.39, 0.29) is 17.4 Å². The minimum absolute atomic E-state index is 0.0915. The first kappa shape index (κ1) is 24.5. The van der Waals surface area contributed by atoms with Gasteiger partial charge in [0.2, 0.25) is 0 Å². The van der Waals surface area contributed by atoms with E-state index in [0.29, 0.717) is 30.9 Å². The first-order valence-corrected chi connectivity index (χ1v) is 11.3. The Balaban J connectivity index is 2.12. The van der Waals surface area contributed by atoms with E-state index in [1.54, 1.807) is 18.1 Å². The van der Waals surface area contributed by atoms with Crippen LogP contribution in [0.1, 0.15) is 54.1 Å². The third-order valence-electron chi connectivity index (χ3n) is 6.01. The first-order valence-electron chi connectivity index (χ1n) is 11.3. The normalized spacial score (nSPS) is 17.8. The van der Waals surface area contributed by atoms with Crippen LogP contribution < -0.4 is 4.74 Å². The van der Waals surface area contributed by atoms with Crippen LogP contribution in [0.15, 0.2) is 42.0 Å². The van der Waals surface area contributed by atoms with Crippen molar-refractivity contribution in [3.8, 4) is 5.75 Å². The number of rotatable bonds is 8. The second-order valence-corrected chi connectivity index (χ2v) is 8.76. The highest BCUT2D eigenvalue weighted by Crippen LogP contribution is 2.41. The van der Waals surface area contributed by atoms with E-state index in [9.17, 15) is 14.7 Å². The van der Waals surface area contributed by atoms with Gasteiger partial charge in [-0.2, -0.15) is 0 Å². The number of carbonyl (C=O) groups excluding carboxylic acids is 2. The number of aliphatic hydroxyl groups excluding tert-OH is 1. The molecule has 2 aromatic rings. The van der Waals surface area contributed by atoms with Crippen molar-refractivity contribution in [1.82, 2.24) is 4.90 Å². The molecule has 0 radical (unpaired) electrons. The maximum Gasteiger partial charge on any atom is 0.295 e. The van der Waals surface area contributed by atoms with Crippen molar-refractivity contribution in [2.45, 2.75) is 53.2 Å². The summed E-state index contributed by atoms with van der Waals surface area (Å²) in [5.74, 6) is -0.730. The third kappa shape index (κ3) is 4.96. The van der Waals surface area contributed by atoms with Crippen LogP contribution >= 0.6 is 0 Å². The van der Waals surface area contributed by atoms with Gasteiger partial charge in [-0.05, 0) is 75.4 Å². The number of ketones is 1. The molecule has 1 aliphatic heterocycles. The van der Waals surface area contributed by atoms with Crippen molar-refractivity contribution >= 4 is 17.4 Å². The lowest BCUT2D eigenvalue weighted by atomic mass is 9.91. The Morgan fingerprint density at radius 1 is 1.06 bits per heavy atom. The second-order valence-electron chi connectivity index (χ2n) is 8.76. The third-order valence-corrected chi connectivity index (χ3v) is 6.01. The number of Topliss-reactive ketones (excluding diaryl/α,β-unsaturated/α-hetero) is 1. The highest BCUT2D eigenvalue weighted by Gasteiger charge is 2.46. The van der Waals surface area contributed by atoms with Gasteiger partial charge in [0.05, 0.1) is 24.8 Å². The zero-order valence-electron chi connectivity index (χ0n) is 20.3. The molecule has 1 heterocycles. The molecule has 1 unspecified atom stereocenters. The molecule has 6 nitrogen and oxygen atoms in total. The fraction of sp³-hybridized carbons (Fsp3) is 0.407. The number of nitrogens with zero attached hydrogens (tertiary/aromatic N) is 1. The highest BCUT2D eigenvalue weighted by molar-refractivity contribution is 6.46. The van der Waals surface area contributed by atoms with Crippen molar-refractivity contribution in [2.24, 2.45) is 0 Å². The Labute approximate surface area is 195 Å². The van der Waals surface area contributed by atoms with Gasteiger partial charge in [0, 0.05) is 18.7 Å². The van der Waals surface area contributed by atoms with Crippen molar-refractivity contribution in [2.75, 3.05) is 20.3 Å². The van der Waals surface area contributed by atoms with Gasteiger partial charge in [-0.3, -0.25) is 9.59 Å². The lowest BCUT2D eigenvalue weighted by Gasteiger charge is -2.27. The summed E-state index contributed by atoms with van der Waals surface area (Å²) in [6.45, 7) is 10.4. The summed E-state index contributed by atoms with van der Waals surface area (Å²) >= 11 is 0. The van der Waals surface area contributed by atoms with Crippen LogP contribution in [0.3, 0.4) is 0 Å². The molecular weight excluding hydrogens is 418 g/mol. The van der Waals surface area contributed by atoms with Crippen molar-refractivity contribution in [3.63, 3.8) is 0 Å². The predicted molar refractivity (Wildman–Crippen MR) is 128 cm³/mol. The second kappa shape index (κ2) is 10.2. The fourth-order valence-electron chi connectivity index (χ4n) is 4.29. The summed E-state index contributed by atoms with van der Waals surface area (Å²) in [6.07, 6.45) is 0.683. The van der Waals surface area contributed by atoms with E-state index < -0.39 is 17.7 Å². The van der Waals surface area contributed by atoms with E-state index >= 15 is 0 Å². The minimum atomic E-state index is -0.668. The molecule has 0 aliphatic carbocycles. The van der Waals surface area contributed by atoms with Crippen LogP contribution in [0, 0.1) is 20.8 Å². The number of likely N-dealkylation sites (tertiary alicyclic amines) is 1. The largest absolute Gasteiger partial charge is 0.507 e. The number of carbonyl (C=O) groups is 2. The molecule has 1 N–H and O–H groups in total. The summed E-state index contributed by atoms with van der Waals surface area (Å²) < 4.78 is 11.0. The number of aryl methyl sites for hydroxylation is 3. The Hall–Kier alpha value is -3.12. The summed E-state index contributed by atoms with van der Waals surface area (Å²) in [5.41, 5.74) is 4.00. The number of amides is 1. The number of hydrogen-bond acceptors (Lipinski definition) is 5. The smallest absolute Gasteiger partial charge is 0.295 e. The van der Waals surface area contributed by atoms with E-state index in [4.69, 9.17) is 9.47 Å². The zero-order valence-corrected chi connectivity index (χ0v) is 20.3. The molecule has 3 rings (SSSR count). The van der Waals surface area contributed by atoms with Crippen LogP contribution in [-0.4, -0.2) is 48.1 Å². The van der Waals surface area contributed by atoms with Crippen molar-refractivity contribution in [3.05, 3.63) is 69.8 Å². The number of hydrogen-bond donors (Lipinski definition) is 1. The highest BCUT2D eigenvalue weighted by atomic mass is 16.5. The SMILES string of the molecule is COc1cc(C)c(/C(O)=C2\C(=O)C(=O)N(CCCOC(C)C)C2c2ccccc2C)cc1C. The van der Waals surface area contributed by atoms with Gasteiger partial charge < -0.3 is 19.5 Å². The van der Waals surface area contributed by atoms with Crippen LogP contribution in [0.5, 0.6) is 5.75 Å². The Morgan fingerprint density at radius 2 is 1.76 bits per heavy atom. The molecule has 6 heteroatoms. The van der Waals surface area contributed by atoms with E-state index in [1.807, 2.05) is 65.0 Å². The fourth-order valence-corrected chi connectivity index (χ4v) is 4.29. The summed E-state index contributed by atoms with van der Waals surface area (Å²) in [6, 6.07) is 10.6. The summed E-state index contributed by atoms with van der Waals surface area (Å²) in [5, 5.41) is 11.4. The van der Waals surface area contributed by atoms with Crippen LogP contribution in [-0.2, 0) is 14.3 Å². The first-order chi connectivity index (χ1) is 15.7. The van der Waals surface area contributed by atoms with Gasteiger partial charge in [-0.1, -0.05) is 24.3 Å². The summed E-state index contributed by atoms with van der Waals surface area (Å²) in [7, 11) is 1.59. The van der Waals surface area contributed by atoms with Gasteiger partial charge in [0.1, 0.15) is 11.5 Å². The lowest BCUT2D eigenvalue weighted by Crippen LogP contribution is -2.31. The average molecular weight is 452 g/mol. The number of benzene rings is 2. The molecule has 1 atom stereocenters. The van der Waals surface area contributed by atoms with Gasteiger partial charge >= 0.3 is 0 Å². The quantitative estimate of drug-likeness (QED) is 0.269. The number of ether oxygens (including phenoxy) is 2. The van der Waals surface area contributed by atoms with Crippen LogP contribution in [0.2, 0.25) is 0 Å². The molecule has 1 fully saturated rings. The van der Waals surface area contributed by atoms with Crippen molar-refractivity contribution in [1.29, 1.82) is 0 Å². The van der Waals surface area contributed by atoms with Crippen molar-refractivity contribution < 1.29 is 24.2 Å². The van der Waals surface area contributed by atoms with Crippen LogP contribution in [0.25, 0.3) is 5.76 Å². The van der Waals surface area contributed by atoms with Crippen LogP contribution in [0.4, 0.5) is 0 Å². The predicted octanol–water partition coefficient (Wildman–Crippen LogP) is 4.86. The standard InChI is InChI=1S/C27H33NO5/c1-16(2)33-13-9-12-28-24(20-11-8-7-10-17(20)3)23(26(30)27(28)31)25(29)21-14-19(5)22(32-6)15-18(21)4/h7-8,10-11,14-16,24,29H,9,12-13H2,1-6H3/b25-23+. The van der Waals surface area contributed by atoms with E-state index in [1.165, 1.54) is 0 Å². The van der Waals surface area contributed by atoms with Gasteiger partial charge in [-0.15, -0.1) is 0 Å². The lowest BCUT2D eigenvalue weighted by molar-refractivity contribution is -0.140. The maximum atomic E-state index is 13.2. The average Bonchev–Trinajstić information content (AvgIpc) is 3.02. The Kier molecular flexibility index (Phi) is 7.59.